The van der Waals surface area contributed by atoms with Crippen molar-refractivity contribution in [2.45, 2.75) is 36.7 Å². The summed E-state index contributed by atoms with van der Waals surface area (Å²) >= 11 is 1.49. The van der Waals surface area contributed by atoms with E-state index in [1.807, 2.05) is 0 Å². The molecule has 8 rings (SSSR count). The van der Waals surface area contributed by atoms with Crippen LogP contribution in [-0.2, 0) is 33.1 Å². The van der Waals surface area contributed by atoms with Crippen LogP contribution < -0.4 is 32.3 Å². The number of hydrogen-bond donors (Lipinski definition) is 1. The van der Waals surface area contributed by atoms with Crippen molar-refractivity contribution in [3.8, 4) is 40.2 Å². The minimum atomic E-state index is -4.70. The molecule has 2 aromatic heterocycles. The number of anilines is 2. The first-order chi connectivity index (χ1) is 35.6. The summed E-state index contributed by atoms with van der Waals surface area (Å²) in [7, 11) is -3.65. The first-order valence-electron chi connectivity index (χ1n) is 21.1. The Kier molecular flexibility index (Phi) is 18.5. The molecule has 1 N–H and O–H groups in total. The van der Waals surface area contributed by atoms with Crippen LogP contribution in [0.4, 0.5) is 41.0 Å². The van der Waals surface area contributed by atoms with Crippen molar-refractivity contribution in [2.24, 2.45) is 0 Å². The molecule has 8 aromatic rings. The van der Waals surface area contributed by atoms with Crippen molar-refractivity contribution in [1.82, 2.24) is 18.7 Å². The molecule has 0 amide bonds. The number of methoxy groups -OCH3 is 4. The van der Waals surface area contributed by atoms with E-state index < -0.39 is 76.3 Å². The van der Waals surface area contributed by atoms with E-state index in [4.69, 9.17) is 28.8 Å². The quantitative estimate of drug-likeness (QED) is 0.0709. The van der Waals surface area contributed by atoms with Gasteiger partial charge in [-0.1, -0.05) is 0 Å². The molecular weight excluding hydrogens is 1080 g/mol. The maximum atomic E-state index is 15.2. The summed E-state index contributed by atoms with van der Waals surface area (Å²) in [5, 5.41) is 8.59. The average Bonchev–Trinajstić information content (AvgIpc) is 4.10. The van der Waals surface area contributed by atoms with Crippen molar-refractivity contribution in [3.63, 3.8) is 0 Å². The fourth-order valence-corrected chi connectivity index (χ4v) is 11.1. The minimum Gasteiger partial charge on any atom is -0.508 e. The van der Waals surface area contributed by atoms with Gasteiger partial charge in [0.25, 0.3) is 20.0 Å². The number of halogens is 7. The van der Waals surface area contributed by atoms with E-state index in [1.165, 1.54) is 52.7 Å². The van der Waals surface area contributed by atoms with Gasteiger partial charge >= 0.3 is 0 Å². The van der Waals surface area contributed by atoms with Gasteiger partial charge in [0, 0.05) is 82.7 Å². The molecule has 0 atom stereocenters. The smallest absolute Gasteiger partial charge is 0.269 e. The highest BCUT2D eigenvalue weighted by Gasteiger charge is 2.34. The van der Waals surface area contributed by atoms with Gasteiger partial charge in [-0.2, -0.15) is 8.75 Å². The van der Waals surface area contributed by atoms with Crippen molar-refractivity contribution in [3.05, 3.63) is 173 Å². The number of phenols is 1. The van der Waals surface area contributed by atoms with Gasteiger partial charge in [-0.3, -0.25) is 0 Å². The van der Waals surface area contributed by atoms with E-state index in [0.717, 1.165) is 62.0 Å². The number of ether oxygens (including phenoxy) is 5. The van der Waals surface area contributed by atoms with E-state index in [9.17, 15) is 43.2 Å². The lowest BCUT2D eigenvalue weighted by Crippen LogP contribution is -2.31. The Bertz CT molecular complexity index is 3440. The third-order valence-electron chi connectivity index (χ3n) is 10.1. The second-order valence-electron chi connectivity index (χ2n) is 15.3. The molecule has 0 aliphatic carbocycles. The molecule has 0 bridgehead atoms. The Hall–Kier alpha value is -7.75. The lowest BCUT2D eigenvalue weighted by Gasteiger charge is -2.23. The normalized spacial score (nSPS) is 11.1. The topological polar surface area (TPSA) is 193 Å². The summed E-state index contributed by atoms with van der Waals surface area (Å²) in [5.74, 6) is -7.03. The Morgan fingerprint density at radius 1 is 0.493 bits per heavy atom. The fraction of sp³-hybridized carbons (Fsp3) is 0.167. The van der Waals surface area contributed by atoms with E-state index in [0.29, 0.717) is 57.9 Å². The lowest BCUT2D eigenvalue weighted by molar-refractivity contribution is 0.391. The Morgan fingerprint density at radius 2 is 0.947 bits per heavy atom. The molecule has 6 aromatic carbocycles. The number of sulfonamides is 2. The number of hydrogen-bond acceptors (Lipinski definition) is 16. The van der Waals surface area contributed by atoms with Gasteiger partial charge in [-0.05, 0) is 73.5 Å². The molecule has 0 aliphatic heterocycles. The largest absolute Gasteiger partial charge is 0.508 e. The van der Waals surface area contributed by atoms with Crippen LogP contribution in [0.3, 0.4) is 0 Å². The van der Waals surface area contributed by atoms with Crippen LogP contribution >= 0.6 is 23.1 Å². The summed E-state index contributed by atoms with van der Waals surface area (Å²) < 4.78 is 186. The third-order valence-corrected chi connectivity index (χ3v) is 15.2. The van der Waals surface area contributed by atoms with Crippen molar-refractivity contribution < 1.29 is 76.4 Å². The molecule has 2 heterocycles. The van der Waals surface area contributed by atoms with E-state index >= 15 is 4.39 Å². The highest BCUT2D eigenvalue weighted by atomic mass is 32.2. The van der Waals surface area contributed by atoms with Gasteiger partial charge in [-0.15, -0.1) is 0 Å². The van der Waals surface area contributed by atoms with E-state index in [-0.39, 0.29) is 40.9 Å². The number of benzene rings is 6. The first kappa shape index (κ1) is 56.5. The van der Waals surface area contributed by atoms with Crippen LogP contribution in [0, 0.1) is 54.6 Å². The number of rotatable bonds is 16. The lowest BCUT2D eigenvalue weighted by atomic mass is 10.2. The molecule has 0 spiro atoms. The Labute approximate surface area is 433 Å². The molecule has 0 saturated carbocycles. The van der Waals surface area contributed by atoms with Gasteiger partial charge < -0.3 is 28.8 Å². The molecule has 396 valence electrons. The molecule has 0 saturated heterocycles. The van der Waals surface area contributed by atoms with Crippen molar-refractivity contribution >= 4 is 53.4 Å². The van der Waals surface area contributed by atoms with E-state index in [2.05, 4.69) is 18.7 Å². The van der Waals surface area contributed by atoms with Crippen LogP contribution in [0.2, 0.25) is 0 Å². The number of aromatic nitrogens is 4. The summed E-state index contributed by atoms with van der Waals surface area (Å²) in [6.07, 6.45) is 2.26. The van der Waals surface area contributed by atoms with Gasteiger partial charge in [0.05, 0.1) is 41.5 Å². The Morgan fingerprint density at radius 3 is 1.37 bits per heavy atom. The van der Waals surface area contributed by atoms with Crippen LogP contribution in [0.25, 0.3) is 0 Å². The zero-order valence-electron chi connectivity index (χ0n) is 39.9. The number of phenolic OH excluding ortho intramolecular Hbond substituents is 1. The fourth-order valence-electron chi connectivity index (χ4n) is 6.67. The molecule has 27 heteroatoms. The van der Waals surface area contributed by atoms with E-state index in [1.54, 1.807) is 50.2 Å². The van der Waals surface area contributed by atoms with Crippen molar-refractivity contribution in [2.75, 3.05) is 37.0 Å². The standard InChI is InChI=1S/C24H20F3N3O5S2.C17H14F3N3O4S2.C7H7FO/c1-14-6-16(25)8-18(7-14)35-22-10-20(27)23(11-19(22)26)37(31,32)30(24-28-13-29-36-24)12-15-4-5-17(33-2)9-21(15)34-3;1-26-11-4-3-10(15(5-11)27-2)8-23(17-21-9-22-28-17)29(24,25)16-7-13(19)12(18)6-14(16)20;1-5-2-6(8)4-7(9)3-5/h4-11,13H,12H2,1-3H3;3-7,9H,8H2,1-2H3;2-4,9H,1H3. The van der Waals surface area contributed by atoms with Gasteiger partial charge in [-0.25, -0.2) is 66.1 Å². The average molecular weight is 1120 g/mol. The number of aromatic hydroxyl groups is 1. The van der Waals surface area contributed by atoms with Crippen LogP contribution in [-0.4, -0.2) is 69.1 Å². The SMILES string of the molecule is COc1ccc(CN(c2ncns2)S(=O)(=O)c2cc(F)c(F)cc2F)c(OC)c1.COc1ccc(CN(c2ncns2)S(=O)(=O)c2cc(F)c(Oc3cc(C)cc(F)c3)cc2F)c(OC)c1.Cc1cc(O)cc(F)c1. The molecule has 0 radical (unpaired) electrons. The maximum absolute atomic E-state index is 15.2. The summed E-state index contributed by atoms with van der Waals surface area (Å²) in [5.41, 5.74) is 2.03. The monoisotopic (exact) mass is 1120 g/mol. The molecule has 16 nitrogen and oxygen atoms in total. The third kappa shape index (κ3) is 13.9. The number of aryl methyl sites for hydroxylation is 2. The predicted octanol–water partition coefficient (Wildman–Crippen LogP) is 10.7. The van der Waals surface area contributed by atoms with Crippen LogP contribution in [0.5, 0.6) is 40.2 Å². The highest BCUT2D eigenvalue weighted by Crippen LogP contribution is 2.36. The number of nitrogens with zero attached hydrogens (tertiary/aromatic N) is 6. The second kappa shape index (κ2) is 24.5. The molecular formula is C48H41F7N6O10S4. The summed E-state index contributed by atoms with van der Waals surface area (Å²) in [6.45, 7) is 2.67. The minimum absolute atomic E-state index is 0.0208. The molecule has 0 unspecified atom stereocenters. The zero-order chi connectivity index (χ0) is 54.8. The predicted molar refractivity (Wildman–Crippen MR) is 262 cm³/mol. The molecule has 0 aliphatic rings. The highest BCUT2D eigenvalue weighted by molar-refractivity contribution is 7.93. The zero-order valence-corrected chi connectivity index (χ0v) is 43.2. The molecule has 75 heavy (non-hydrogen) atoms. The Balaban J connectivity index is 0.000000213. The molecule has 0 fully saturated rings. The van der Waals surface area contributed by atoms with Gasteiger partial charge in [0.1, 0.15) is 80.2 Å². The second-order valence-corrected chi connectivity index (χ2v) is 20.5. The maximum Gasteiger partial charge on any atom is 0.269 e. The van der Waals surface area contributed by atoms with Gasteiger partial charge in [0.15, 0.2) is 23.2 Å². The summed E-state index contributed by atoms with van der Waals surface area (Å²) in [6, 6.07) is 18.6. The van der Waals surface area contributed by atoms with Gasteiger partial charge in [0.2, 0.25) is 10.3 Å². The van der Waals surface area contributed by atoms with Crippen molar-refractivity contribution in [1.29, 1.82) is 0 Å². The van der Waals surface area contributed by atoms with Crippen LogP contribution in [0.1, 0.15) is 22.3 Å². The summed E-state index contributed by atoms with van der Waals surface area (Å²) in [4.78, 5) is 5.83. The first-order valence-corrected chi connectivity index (χ1v) is 25.6. The van der Waals surface area contributed by atoms with Crippen LogP contribution in [0.15, 0.2) is 120 Å².